The Labute approximate surface area is 81.9 Å². The van der Waals surface area contributed by atoms with Gasteiger partial charge in [-0.3, -0.25) is 4.90 Å². The first-order chi connectivity index (χ1) is 6.31. The van der Waals surface area contributed by atoms with Gasteiger partial charge in [0.1, 0.15) is 0 Å². The maximum atomic E-state index is 2.73. The van der Waals surface area contributed by atoms with Crippen molar-refractivity contribution >= 4 is 0 Å². The van der Waals surface area contributed by atoms with Gasteiger partial charge in [-0.05, 0) is 45.8 Å². The Balaban J connectivity index is 1.88. The van der Waals surface area contributed by atoms with E-state index in [4.69, 9.17) is 0 Å². The minimum atomic E-state index is 0.849. The molecule has 2 fully saturated rings. The molecule has 2 saturated heterocycles. The molecule has 0 aromatic heterocycles. The van der Waals surface area contributed by atoms with Gasteiger partial charge in [-0.25, -0.2) is 0 Å². The zero-order chi connectivity index (χ0) is 9.26. The lowest BCUT2D eigenvalue weighted by molar-refractivity contribution is 0.188. The van der Waals surface area contributed by atoms with Gasteiger partial charge in [0, 0.05) is 18.6 Å². The highest BCUT2D eigenvalue weighted by Crippen LogP contribution is 2.24. The summed E-state index contributed by atoms with van der Waals surface area (Å²) < 4.78 is 0. The van der Waals surface area contributed by atoms with Gasteiger partial charge < -0.3 is 4.90 Å². The average molecular weight is 182 g/mol. The topological polar surface area (TPSA) is 6.48 Å². The van der Waals surface area contributed by atoms with E-state index in [9.17, 15) is 0 Å². The van der Waals surface area contributed by atoms with Crippen LogP contribution in [0.1, 0.15) is 33.1 Å². The van der Waals surface area contributed by atoms with Crippen LogP contribution in [0.3, 0.4) is 0 Å². The largest absolute Gasteiger partial charge is 0.302 e. The highest BCUT2D eigenvalue weighted by molar-refractivity contribution is 4.88. The van der Waals surface area contributed by atoms with Gasteiger partial charge >= 0.3 is 0 Å². The van der Waals surface area contributed by atoms with Crippen LogP contribution in [0.15, 0.2) is 0 Å². The molecule has 2 atom stereocenters. The van der Waals surface area contributed by atoms with E-state index in [1.54, 1.807) is 0 Å². The van der Waals surface area contributed by atoms with E-state index >= 15 is 0 Å². The van der Waals surface area contributed by atoms with E-state index < -0.39 is 0 Å². The molecule has 2 nitrogen and oxygen atoms in total. The minimum absolute atomic E-state index is 0.849. The van der Waals surface area contributed by atoms with Crippen LogP contribution in [0.25, 0.3) is 0 Å². The average Bonchev–Trinajstić information content (AvgIpc) is 2.71. The molecular weight excluding hydrogens is 160 g/mol. The Hall–Kier alpha value is -0.0800. The van der Waals surface area contributed by atoms with E-state index in [1.165, 1.54) is 45.4 Å². The number of likely N-dealkylation sites (N-methyl/N-ethyl adjacent to an activating group) is 1. The van der Waals surface area contributed by atoms with Crippen LogP contribution in [0.5, 0.6) is 0 Å². The molecule has 0 aliphatic carbocycles. The van der Waals surface area contributed by atoms with Gasteiger partial charge in [-0.15, -0.1) is 0 Å². The molecule has 0 bridgehead atoms. The third-order valence-corrected chi connectivity index (χ3v) is 3.77. The summed E-state index contributed by atoms with van der Waals surface area (Å²) in [6, 6.07) is 1.72. The van der Waals surface area contributed by atoms with Crippen LogP contribution >= 0.6 is 0 Å². The predicted octanol–water partition coefficient (Wildman–Crippen LogP) is 1.56. The van der Waals surface area contributed by atoms with Gasteiger partial charge in [0.05, 0.1) is 0 Å². The monoisotopic (exact) mass is 182 g/mol. The lowest BCUT2D eigenvalue weighted by Gasteiger charge is -2.28. The molecule has 0 saturated carbocycles. The van der Waals surface area contributed by atoms with Gasteiger partial charge in [-0.1, -0.05) is 6.92 Å². The van der Waals surface area contributed by atoms with Crippen molar-refractivity contribution in [3.8, 4) is 0 Å². The molecule has 13 heavy (non-hydrogen) atoms. The third kappa shape index (κ3) is 1.89. The molecule has 0 radical (unpaired) electrons. The maximum Gasteiger partial charge on any atom is 0.0238 e. The molecule has 2 aliphatic heterocycles. The van der Waals surface area contributed by atoms with Crippen LogP contribution in [-0.4, -0.2) is 48.1 Å². The quantitative estimate of drug-likeness (QED) is 0.639. The number of nitrogens with zero attached hydrogens (tertiary/aromatic N) is 2. The molecule has 0 spiro atoms. The number of rotatable bonds is 2. The summed E-state index contributed by atoms with van der Waals surface area (Å²) >= 11 is 0. The molecule has 76 valence electrons. The lowest BCUT2D eigenvalue weighted by Crippen LogP contribution is -2.39. The van der Waals surface area contributed by atoms with Crippen molar-refractivity contribution in [2.75, 3.05) is 26.2 Å². The summed E-state index contributed by atoms with van der Waals surface area (Å²) in [7, 11) is 0. The Bertz CT molecular complexity index is 169. The molecule has 0 N–H and O–H groups in total. The smallest absolute Gasteiger partial charge is 0.0238 e. The molecule has 2 aliphatic rings. The van der Waals surface area contributed by atoms with E-state index in [-0.39, 0.29) is 0 Å². The third-order valence-electron chi connectivity index (χ3n) is 3.77. The Morgan fingerprint density at radius 2 is 2.08 bits per heavy atom. The van der Waals surface area contributed by atoms with E-state index in [0.717, 1.165) is 12.1 Å². The first-order valence-corrected chi connectivity index (χ1v) is 5.79. The Kier molecular flexibility index (Phi) is 2.89. The zero-order valence-electron chi connectivity index (χ0n) is 9.00. The standard InChI is InChI=1S/C11H22N2/c1-3-12-8-6-11(9-12)13-7-4-5-10(13)2/h10-11H,3-9H2,1-2H3/t10-,11?/m0/s1. The predicted molar refractivity (Wildman–Crippen MR) is 55.9 cm³/mol. The molecule has 0 aromatic rings. The van der Waals surface area contributed by atoms with E-state index in [0.29, 0.717) is 0 Å². The van der Waals surface area contributed by atoms with Crippen molar-refractivity contribution in [3.05, 3.63) is 0 Å². The van der Waals surface area contributed by atoms with Crippen molar-refractivity contribution in [1.29, 1.82) is 0 Å². The van der Waals surface area contributed by atoms with Crippen LogP contribution in [0.4, 0.5) is 0 Å². The van der Waals surface area contributed by atoms with E-state index in [2.05, 4.69) is 23.6 Å². The van der Waals surface area contributed by atoms with Crippen LogP contribution < -0.4 is 0 Å². The van der Waals surface area contributed by atoms with Crippen molar-refractivity contribution in [3.63, 3.8) is 0 Å². The SMILES string of the molecule is CCN1CCC(N2CCC[C@@H]2C)C1. The summed E-state index contributed by atoms with van der Waals surface area (Å²) in [6.45, 7) is 9.89. The van der Waals surface area contributed by atoms with Crippen molar-refractivity contribution < 1.29 is 0 Å². The van der Waals surface area contributed by atoms with Crippen molar-refractivity contribution in [2.24, 2.45) is 0 Å². The number of likely N-dealkylation sites (tertiary alicyclic amines) is 2. The summed E-state index contributed by atoms with van der Waals surface area (Å²) in [5, 5.41) is 0. The van der Waals surface area contributed by atoms with E-state index in [1.807, 2.05) is 0 Å². The molecule has 0 aromatic carbocycles. The summed E-state index contributed by atoms with van der Waals surface area (Å²) in [6.07, 6.45) is 4.24. The minimum Gasteiger partial charge on any atom is -0.302 e. The molecule has 2 heteroatoms. The summed E-state index contributed by atoms with van der Waals surface area (Å²) in [5.74, 6) is 0. The normalized spacial score (nSPS) is 37.4. The highest BCUT2D eigenvalue weighted by atomic mass is 15.3. The van der Waals surface area contributed by atoms with Gasteiger partial charge in [0.25, 0.3) is 0 Å². The molecular formula is C11H22N2. The zero-order valence-corrected chi connectivity index (χ0v) is 9.00. The maximum absolute atomic E-state index is 2.73. The van der Waals surface area contributed by atoms with Gasteiger partial charge in [0.2, 0.25) is 0 Å². The second-order valence-electron chi connectivity index (χ2n) is 4.56. The highest BCUT2D eigenvalue weighted by Gasteiger charge is 2.31. The number of hydrogen-bond donors (Lipinski definition) is 0. The Morgan fingerprint density at radius 1 is 1.23 bits per heavy atom. The summed E-state index contributed by atoms with van der Waals surface area (Å²) in [5.41, 5.74) is 0. The molecule has 0 amide bonds. The first kappa shape index (κ1) is 9.47. The summed E-state index contributed by atoms with van der Waals surface area (Å²) in [4.78, 5) is 5.31. The van der Waals surface area contributed by atoms with Crippen LogP contribution in [0.2, 0.25) is 0 Å². The van der Waals surface area contributed by atoms with Crippen molar-refractivity contribution in [2.45, 2.75) is 45.2 Å². The lowest BCUT2D eigenvalue weighted by atomic mass is 10.2. The molecule has 2 rings (SSSR count). The fraction of sp³-hybridized carbons (Fsp3) is 1.00. The number of hydrogen-bond acceptors (Lipinski definition) is 2. The Morgan fingerprint density at radius 3 is 2.62 bits per heavy atom. The fourth-order valence-electron chi connectivity index (χ4n) is 2.87. The van der Waals surface area contributed by atoms with Crippen LogP contribution in [0, 0.1) is 0 Å². The molecule has 1 unspecified atom stereocenters. The second-order valence-corrected chi connectivity index (χ2v) is 4.56. The molecule has 2 heterocycles. The first-order valence-electron chi connectivity index (χ1n) is 5.79. The van der Waals surface area contributed by atoms with Crippen LogP contribution in [-0.2, 0) is 0 Å². The van der Waals surface area contributed by atoms with Gasteiger partial charge in [0.15, 0.2) is 0 Å². The fourth-order valence-corrected chi connectivity index (χ4v) is 2.87. The van der Waals surface area contributed by atoms with Gasteiger partial charge in [-0.2, -0.15) is 0 Å². The second kappa shape index (κ2) is 3.97. The van der Waals surface area contributed by atoms with Crippen molar-refractivity contribution in [1.82, 2.24) is 9.80 Å².